The van der Waals surface area contributed by atoms with Crippen LogP contribution in [0.1, 0.15) is 31.4 Å². The van der Waals surface area contributed by atoms with Crippen molar-refractivity contribution in [3.05, 3.63) is 61.8 Å². The Bertz CT molecular complexity index is 1020. The SMILES string of the molecule is COC(=O)c1ccc2c(=O)[nH]c(COC(=O)c3sccc3C)nc2c1. The molecule has 1 N–H and O–H groups in total. The van der Waals surface area contributed by atoms with Crippen LogP contribution >= 0.6 is 11.3 Å². The van der Waals surface area contributed by atoms with Gasteiger partial charge in [0, 0.05) is 0 Å². The molecule has 0 saturated carbocycles. The van der Waals surface area contributed by atoms with E-state index in [1.54, 1.807) is 5.38 Å². The van der Waals surface area contributed by atoms with Crippen LogP contribution in [-0.4, -0.2) is 29.0 Å². The van der Waals surface area contributed by atoms with Crippen LogP contribution in [0.5, 0.6) is 0 Å². The summed E-state index contributed by atoms with van der Waals surface area (Å²) in [6.07, 6.45) is 0. The number of methoxy groups -OCH3 is 1. The molecular weight excluding hydrogens is 344 g/mol. The zero-order valence-corrected chi connectivity index (χ0v) is 14.3. The number of aromatic amines is 1. The fourth-order valence-corrected chi connectivity index (χ4v) is 3.10. The van der Waals surface area contributed by atoms with Crippen molar-refractivity contribution >= 4 is 34.2 Å². The summed E-state index contributed by atoms with van der Waals surface area (Å²) in [6, 6.07) is 6.28. The highest BCUT2D eigenvalue weighted by Crippen LogP contribution is 2.17. The van der Waals surface area contributed by atoms with Crippen molar-refractivity contribution in [2.45, 2.75) is 13.5 Å². The van der Waals surface area contributed by atoms with Gasteiger partial charge in [0.2, 0.25) is 0 Å². The van der Waals surface area contributed by atoms with Gasteiger partial charge in [0.1, 0.15) is 17.3 Å². The number of hydrogen-bond acceptors (Lipinski definition) is 7. The van der Waals surface area contributed by atoms with Crippen molar-refractivity contribution in [1.82, 2.24) is 9.97 Å². The molecule has 0 aliphatic heterocycles. The van der Waals surface area contributed by atoms with Gasteiger partial charge >= 0.3 is 11.9 Å². The molecule has 0 saturated heterocycles. The lowest BCUT2D eigenvalue weighted by Crippen LogP contribution is -2.15. The number of carbonyl (C=O) groups excluding carboxylic acids is 2. The largest absolute Gasteiger partial charge is 0.465 e. The number of benzene rings is 1. The maximum absolute atomic E-state index is 12.1. The third-order valence-electron chi connectivity index (χ3n) is 3.56. The summed E-state index contributed by atoms with van der Waals surface area (Å²) >= 11 is 1.29. The Hall–Kier alpha value is -3.00. The molecule has 8 heteroatoms. The fourth-order valence-electron chi connectivity index (χ4n) is 2.28. The van der Waals surface area contributed by atoms with Crippen LogP contribution in [0.15, 0.2) is 34.4 Å². The number of H-pyrrole nitrogens is 1. The van der Waals surface area contributed by atoms with Gasteiger partial charge in [0.25, 0.3) is 5.56 Å². The third-order valence-corrected chi connectivity index (χ3v) is 4.56. The van der Waals surface area contributed by atoms with Gasteiger partial charge in [-0.25, -0.2) is 14.6 Å². The molecule has 3 rings (SSSR count). The normalized spacial score (nSPS) is 10.6. The van der Waals surface area contributed by atoms with Gasteiger partial charge in [-0.05, 0) is 42.1 Å². The number of nitrogens with zero attached hydrogens (tertiary/aromatic N) is 1. The predicted octanol–water partition coefficient (Wildman–Crippen LogP) is 2.44. The standard InChI is InChI=1S/C17H14N2O5S/c1-9-5-6-25-14(9)17(22)24-8-13-18-12-7-10(16(21)23-2)3-4-11(12)15(20)19-13/h3-7H,8H2,1-2H3,(H,18,19,20). The lowest BCUT2D eigenvalue weighted by atomic mass is 10.1. The Kier molecular flexibility index (Phi) is 4.62. The molecule has 0 aliphatic carbocycles. The van der Waals surface area contributed by atoms with Crippen molar-refractivity contribution in [2.24, 2.45) is 0 Å². The Morgan fingerprint density at radius 3 is 2.72 bits per heavy atom. The third kappa shape index (κ3) is 3.43. The molecule has 7 nitrogen and oxygen atoms in total. The average molecular weight is 358 g/mol. The lowest BCUT2D eigenvalue weighted by Gasteiger charge is -2.06. The van der Waals surface area contributed by atoms with Crippen LogP contribution in [0.2, 0.25) is 0 Å². The van der Waals surface area contributed by atoms with Crippen molar-refractivity contribution in [3.63, 3.8) is 0 Å². The summed E-state index contributed by atoms with van der Waals surface area (Å²) in [5, 5.41) is 2.13. The number of fused-ring (bicyclic) bond motifs is 1. The molecule has 3 aromatic rings. The first-order chi connectivity index (χ1) is 12.0. The van der Waals surface area contributed by atoms with E-state index in [-0.39, 0.29) is 23.6 Å². The van der Waals surface area contributed by atoms with Crippen LogP contribution in [0, 0.1) is 6.92 Å². The first-order valence-electron chi connectivity index (χ1n) is 7.32. The van der Waals surface area contributed by atoms with Crippen molar-refractivity contribution in [3.8, 4) is 0 Å². The summed E-state index contributed by atoms with van der Waals surface area (Å²) in [5.41, 5.74) is 1.06. The Balaban J connectivity index is 1.86. The highest BCUT2D eigenvalue weighted by atomic mass is 32.1. The van der Waals surface area contributed by atoms with Gasteiger partial charge in [-0.1, -0.05) is 0 Å². The Morgan fingerprint density at radius 2 is 2.04 bits per heavy atom. The number of aromatic nitrogens is 2. The molecule has 2 aromatic heterocycles. The molecule has 0 aliphatic rings. The molecule has 0 radical (unpaired) electrons. The Morgan fingerprint density at radius 1 is 1.24 bits per heavy atom. The van der Waals surface area contributed by atoms with Gasteiger partial charge in [-0.2, -0.15) is 0 Å². The molecule has 0 atom stereocenters. The number of carbonyl (C=O) groups is 2. The van der Waals surface area contributed by atoms with E-state index >= 15 is 0 Å². The van der Waals surface area contributed by atoms with Gasteiger partial charge in [-0.15, -0.1) is 11.3 Å². The van der Waals surface area contributed by atoms with Crippen LogP contribution in [0.4, 0.5) is 0 Å². The highest BCUT2D eigenvalue weighted by molar-refractivity contribution is 7.12. The molecule has 0 bridgehead atoms. The maximum Gasteiger partial charge on any atom is 0.349 e. The van der Waals surface area contributed by atoms with Crippen molar-refractivity contribution in [2.75, 3.05) is 7.11 Å². The number of nitrogens with one attached hydrogen (secondary N) is 1. The minimum Gasteiger partial charge on any atom is -0.465 e. The number of thiophene rings is 1. The molecule has 1 aromatic carbocycles. The molecule has 0 fully saturated rings. The summed E-state index contributed by atoms with van der Waals surface area (Å²) in [4.78, 5) is 43.1. The van der Waals surface area contributed by atoms with Crippen LogP contribution < -0.4 is 5.56 Å². The molecule has 0 unspecified atom stereocenters. The molecule has 25 heavy (non-hydrogen) atoms. The number of esters is 2. The average Bonchev–Trinajstić information content (AvgIpc) is 3.04. The summed E-state index contributed by atoms with van der Waals surface area (Å²) in [7, 11) is 1.27. The highest BCUT2D eigenvalue weighted by Gasteiger charge is 2.14. The Labute approximate surface area is 146 Å². The lowest BCUT2D eigenvalue weighted by molar-refractivity contribution is 0.0467. The fraction of sp³-hybridized carbons (Fsp3) is 0.176. The molecule has 128 valence electrons. The first-order valence-corrected chi connectivity index (χ1v) is 8.20. The van der Waals surface area contributed by atoms with E-state index in [1.807, 2.05) is 13.0 Å². The van der Waals surface area contributed by atoms with E-state index in [1.165, 1.54) is 36.6 Å². The molecule has 0 spiro atoms. The second kappa shape index (κ2) is 6.86. The topological polar surface area (TPSA) is 98.4 Å². The minimum atomic E-state index is -0.523. The quantitative estimate of drug-likeness (QED) is 0.719. The van der Waals surface area contributed by atoms with Crippen LogP contribution in [0.3, 0.4) is 0 Å². The van der Waals surface area contributed by atoms with Gasteiger partial charge < -0.3 is 14.5 Å². The van der Waals surface area contributed by atoms with E-state index in [0.29, 0.717) is 15.8 Å². The number of aryl methyl sites for hydroxylation is 1. The van der Waals surface area contributed by atoms with E-state index in [0.717, 1.165) is 5.56 Å². The smallest absolute Gasteiger partial charge is 0.349 e. The number of ether oxygens (including phenoxy) is 2. The number of hydrogen-bond donors (Lipinski definition) is 1. The predicted molar refractivity (Wildman–Crippen MR) is 91.9 cm³/mol. The van der Waals surface area contributed by atoms with E-state index in [2.05, 4.69) is 14.7 Å². The van der Waals surface area contributed by atoms with E-state index in [9.17, 15) is 14.4 Å². The maximum atomic E-state index is 12.1. The number of rotatable bonds is 4. The minimum absolute atomic E-state index is 0.177. The van der Waals surface area contributed by atoms with Crippen LogP contribution in [-0.2, 0) is 16.1 Å². The summed E-state index contributed by atoms with van der Waals surface area (Å²) in [6.45, 7) is 1.64. The first kappa shape index (κ1) is 16.8. The van der Waals surface area contributed by atoms with E-state index in [4.69, 9.17) is 4.74 Å². The second-order valence-corrected chi connectivity index (χ2v) is 6.16. The molecule has 2 heterocycles. The zero-order chi connectivity index (χ0) is 18.0. The molecular formula is C17H14N2O5S. The van der Waals surface area contributed by atoms with Gasteiger partial charge in [0.15, 0.2) is 0 Å². The van der Waals surface area contributed by atoms with Crippen molar-refractivity contribution in [1.29, 1.82) is 0 Å². The van der Waals surface area contributed by atoms with Gasteiger partial charge in [0.05, 0.1) is 23.6 Å². The van der Waals surface area contributed by atoms with E-state index < -0.39 is 11.9 Å². The molecule has 0 amide bonds. The van der Waals surface area contributed by atoms with Crippen molar-refractivity contribution < 1.29 is 19.1 Å². The van der Waals surface area contributed by atoms with Crippen LogP contribution in [0.25, 0.3) is 10.9 Å². The summed E-state index contributed by atoms with van der Waals surface area (Å²) in [5.74, 6) is -0.800. The van der Waals surface area contributed by atoms with Gasteiger partial charge in [-0.3, -0.25) is 4.79 Å². The zero-order valence-electron chi connectivity index (χ0n) is 13.5. The second-order valence-electron chi connectivity index (χ2n) is 5.25. The summed E-state index contributed by atoms with van der Waals surface area (Å²) < 4.78 is 9.86. The monoisotopic (exact) mass is 358 g/mol.